The number of pyridine rings is 1. The van der Waals surface area contributed by atoms with Crippen LogP contribution in [0.2, 0.25) is 0 Å². The van der Waals surface area contributed by atoms with Crippen molar-refractivity contribution in [3.63, 3.8) is 0 Å². The van der Waals surface area contributed by atoms with Gasteiger partial charge in [-0.1, -0.05) is 133 Å². The lowest BCUT2D eigenvalue weighted by atomic mass is 10.1. The number of hydrogen-bond donors (Lipinski definition) is 0. The van der Waals surface area contributed by atoms with Gasteiger partial charge in [-0.25, -0.2) is 0 Å². The first-order valence-electron chi connectivity index (χ1n) is 19.8. The Balaban J connectivity index is 1.11. The molecule has 0 aliphatic rings. The van der Waals surface area contributed by atoms with Crippen LogP contribution in [0.5, 0.6) is 0 Å². The fourth-order valence-electron chi connectivity index (χ4n) is 9.71. The van der Waals surface area contributed by atoms with Crippen LogP contribution >= 0.6 is 0 Å². The molecule has 0 bridgehead atoms. The molecule has 0 radical (unpaired) electrons. The van der Waals surface area contributed by atoms with Crippen LogP contribution in [-0.2, 0) is 0 Å². The molecule has 0 aliphatic carbocycles. The lowest BCUT2D eigenvalue weighted by molar-refractivity contribution is 0.669. The predicted molar refractivity (Wildman–Crippen MR) is 244 cm³/mol. The van der Waals surface area contributed by atoms with E-state index in [1.54, 1.807) is 0 Å². The van der Waals surface area contributed by atoms with Gasteiger partial charge in [0.05, 0.1) is 22.1 Å². The first-order chi connectivity index (χ1) is 28.8. The Morgan fingerprint density at radius 2 is 0.948 bits per heavy atom. The van der Waals surface area contributed by atoms with Crippen molar-refractivity contribution in [1.29, 1.82) is 0 Å². The molecule has 1 unspecified atom stereocenters. The zero-order chi connectivity index (χ0) is 38.2. The van der Waals surface area contributed by atoms with Crippen LogP contribution in [0.1, 0.15) is 0 Å². The number of furan rings is 1. The number of nitrogens with zero attached hydrogens (tertiary/aromatic N) is 3. The molecule has 0 N–H and O–H groups in total. The lowest BCUT2D eigenvalue weighted by Gasteiger charge is -2.33. The van der Waals surface area contributed by atoms with Gasteiger partial charge in [-0.2, -0.15) is 0 Å². The Labute approximate surface area is 335 Å². The van der Waals surface area contributed by atoms with Crippen LogP contribution in [-0.4, -0.2) is 22.2 Å². The fourth-order valence-corrected chi connectivity index (χ4v) is 14.3. The van der Waals surface area contributed by atoms with E-state index in [-0.39, 0.29) is 0 Å². The molecule has 0 saturated heterocycles. The van der Waals surface area contributed by atoms with Crippen LogP contribution in [0.15, 0.2) is 217 Å². The maximum Gasteiger partial charge on any atom is 0.201 e. The molecule has 0 saturated carbocycles. The van der Waals surface area contributed by atoms with Crippen molar-refractivity contribution in [2.75, 3.05) is 0 Å². The fraction of sp³-hybridized carbons (Fsp3) is 0. The molecule has 5 heteroatoms. The summed E-state index contributed by atoms with van der Waals surface area (Å²) in [5.74, 6) is 0. The van der Waals surface area contributed by atoms with E-state index in [9.17, 15) is 0 Å². The van der Waals surface area contributed by atoms with Gasteiger partial charge in [0.2, 0.25) is 8.07 Å². The normalized spacial score (nSPS) is 13.0. The maximum absolute atomic E-state index is 6.37. The van der Waals surface area contributed by atoms with E-state index in [0.29, 0.717) is 0 Å². The van der Waals surface area contributed by atoms with Gasteiger partial charge in [0.15, 0.2) is 0 Å². The topological polar surface area (TPSA) is 35.9 Å². The van der Waals surface area contributed by atoms with Crippen molar-refractivity contribution >= 4 is 94.5 Å². The molecule has 4 aromatic heterocycles. The minimum atomic E-state index is -3.00. The molecule has 8 aromatic carbocycles. The summed E-state index contributed by atoms with van der Waals surface area (Å²) in [6.45, 7) is 0. The molecular formula is C53H35N3OSi. The van der Waals surface area contributed by atoms with Crippen molar-refractivity contribution in [3.8, 4) is 11.4 Å². The average Bonchev–Trinajstić information content (AvgIpc) is 3.96. The monoisotopic (exact) mass is 757 g/mol. The summed E-state index contributed by atoms with van der Waals surface area (Å²) < 4.78 is 11.2. The summed E-state index contributed by atoms with van der Waals surface area (Å²) in [7, 11) is -3.00. The highest BCUT2D eigenvalue weighted by molar-refractivity contribution is 7.19. The van der Waals surface area contributed by atoms with Crippen LogP contribution in [0.3, 0.4) is 0 Å². The van der Waals surface area contributed by atoms with Crippen LogP contribution in [0.25, 0.3) is 76.9 Å². The van der Waals surface area contributed by atoms with Crippen molar-refractivity contribution < 1.29 is 4.42 Å². The molecular weight excluding hydrogens is 723 g/mol. The van der Waals surface area contributed by atoms with E-state index < -0.39 is 8.07 Å². The van der Waals surface area contributed by atoms with Gasteiger partial charge >= 0.3 is 0 Å². The van der Waals surface area contributed by atoms with Crippen LogP contribution in [0.4, 0.5) is 0 Å². The highest BCUT2D eigenvalue weighted by Crippen LogP contribution is 2.41. The van der Waals surface area contributed by atoms with Gasteiger partial charge in [0, 0.05) is 55.2 Å². The van der Waals surface area contributed by atoms with E-state index in [2.05, 4.69) is 203 Å². The largest absolute Gasteiger partial charge is 0.456 e. The summed E-state index contributed by atoms with van der Waals surface area (Å²) >= 11 is 0. The highest BCUT2D eigenvalue weighted by atomic mass is 28.3. The number of aromatic nitrogens is 3. The summed E-state index contributed by atoms with van der Waals surface area (Å²) in [4.78, 5) is 5.22. The van der Waals surface area contributed by atoms with Gasteiger partial charge in [-0.15, -0.1) is 0 Å². The first-order valence-corrected chi connectivity index (χ1v) is 21.8. The zero-order valence-electron chi connectivity index (χ0n) is 31.5. The lowest BCUT2D eigenvalue weighted by Crippen LogP contribution is -2.75. The Kier molecular flexibility index (Phi) is 7.21. The molecule has 0 spiro atoms. The predicted octanol–water partition coefficient (Wildman–Crippen LogP) is 10.6. The van der Waals surface area contributed by atoms with E-state index in [0.717, 1.165) is 44.1 Å². The SMILES string of the molecule is c1ccc([Si](c2ccc(-n3c4ccccc4c4c5c(ccc43)oc3ccccc35)cc2)(c2cccc(-n3c4ccccc4c4ccccc43)c2)c2ccccn2)cc1. The van der Waals surface area contributed by atoms with Crippen molar-refractivity contribution in [1.82, 2.24) is 14.1 Å². The van der Waals surface area contributed by atoms with Gasteiger partial charge in [-0.3, -0.25) is 4.98 Å². The Hall–Kier alpha value is -7.47. The molecule has 58 heavy (non-hydrogen) atoms. The minimum absolute atomic E-state index is 0.907. The molecule has 12 aromatic rings. The first kappa shape index (κ1) is 32.7. The van der Waals surface area contributed by atoms with E-state index in [4.69, 9.17) is 9.40 Å². The van der Waals surface area contributed by atoms with E-state index >= 15 is 0 Å². The van der Waals surface area contributed by atoms with Crippen LogP contribution in [0, 0.1) is 0 Å². The second-order valence-corrected chi connectivity index (χ2v) is 18.8. The third-order valence-corrected chi connectivity index (χ3v) is 16.7. The summed E-state index contributed by atoms with van der Waals surface area (Å²) in [5.41, 5.74) is 8.77. The molecule has 4 nitrogen and oxygen atoms in total. The van der Waals surface area contributed by atoms with Gasteiger partial charge in [0.1, 0.15) is 11.2 Å². The van der Waals surface area contributed by atoms with E-state index in [1.165, 1.54) is 53.7 Å². The minimum Gasteiger partial charge on any atom is -0.456 e. The molecule has 0 aliphatic heterocycles. The van der Waals surface area contributed by atoms with Crippen molar-refractivity contribution in [2.45, 2.75) is 0 Å². The van der Waals surface area contributed by atoms with Gasteiger partial charge < -0.3 is 13.6 Å². The molecule has 4 heterocycles. The molecule has 272 valence electrons. The number of benzene rings is 8. The number of fused-ring (bicyclic) bond motifs is 10. The van der Waals surface area contributed by atoms with E-state index in [1.807, 2.05) is 18.3 Å². The molecule has 12 rings (SSSR count). The van der Waals surface area contributed by atoms with Gasteiger partial charge in [-0.05, 0) is 88.4 Å². The number of rotatable bonds is 6. The second-order valence-electron chi connectivity index (χ2n) is 15.1. The highest BCUT2D eigenvalue weighted by Gasteiger charge is 2.43. The second kappa shape index (κ2) is 12.8. The summed E-state index contributed by atoms with van der Waals surface area (Å²) in [6.07, 6.45) is 1.95. The summed E-state index contributed by atoms with van der Waals surface area (Å²) in [5, 5.41) is 12.1. The number of para-hydroxylation sites is 4. The van der Waals surface area contributed by atoms with Gasteiger partial charge in [0.25, 0.3) is 0 Å². The Bertz CT molecular complexity index is 3420. The third kappa shape index (κ3) is 4.65. The standard InChI is InChI=1S/C53H35N3OSi/c1-2-16-38(17-3-1)58(51-27-12-13-34-54-51,40-18-14-15-37(35-40)56-45-23-8-4-19-41(45)42-20-5-9-24-46(42)56)39-30-28-36(29-31-39)55-47-25-10-6-21-43(47)52-48(55)32-33-50-53(52)44-22-7-11-26-49(44)57-50/h1-35H. The number of hydrogen-bond acceptors (Lipinski definition) is 2. The third-order valence-electron chi connectivity index (χ3n) is 12.1. The maximum atomic E-state index is 6.37. The Morgan fingerprint density at radius 3 is 1.67 bits per heavy atom. The molecule has 0 amide bonds. The van der Waals surface area contributed by atoms with Crippen molar-refractivity contribution in [3.05, 3.63) is 212 Å². The summed E-state index contributed by atoms with van der Waals surface area (Å²) in [6, 6.07) is 74.9. The average molecular weight is 758 g/mol. The van der Waals surface area contributed by atoms with Crippen LogP contribution < -0.4 is 20.9 Å². The Morgan fingerprint density at radius 1 is 0.362 bits per heavy atom. The zero-order valence-corrected chi connectivity index (χ0v) is 32.5. The smallest absolute Gasteiger partial charge is 0.201 e. The van der Waals surface area contributed by atoms with Crippen molar-refractivity contribution in [2.24, 2.45) is 0 Å². The molecule has 1 atom stereocenters. The quantitative estimate of drug-likeness (QED) is 0.125. The molecule has 0 fully saturated rings.